The molecule has 0 fully saturated rings. The van der Waals surface area contributed by atoms with E-state index in [-0.39, 0.29) is 6.23 Å². The molecule has 0 N–H and O–H groups in total. The molecule has 9 heteroatoms. The van der Waals surface area contributed by atoms with E-state index < -0.39 is 15.5 Å². The number of para-hydroxylation sites is 2. The standard InChI is InChI=1S/C16H21O6PSSi/c1-17-25(18-2,19-3)14-20-23(24,21-15-10-6-4-7-11-15)22-16-12-8-5-9-13-16/h4-13H,14H2,1-3H3. The molecule has 25 heavy (non-hydrogen) atoms. The van der Waals surface area contributed by atoms with Crippen LogP contribution in [-0.2, 0) is 29.6 Å². The molecule has 2 aromatic rings. The van der Waals surface area contributed by atoms with Gasteiger partial charge in [0.1, 0.15) is 17.7 Å². The number of hydrogen-bond acceptors (Lipinski definition) is 7. The second-order valence-corrected chi connectivity index (χ2v) is 10.6. The predicted molar refractivity (Wildman–Crippen MR) is 101 cm³/mol. The predicted octanol–water partition coefficient (Wildman–Crippen LogP) is 3.80. The quantitative estimate of drug-likeness (QED) is 0.444. The van der Waals surface area contributed by atoms with Crippen molar-refractivity contribution >= 4 is 27.3 Å². The van der Waals surface area contributed by atoms with Crippen LogP contribution in [0.3, 0.4) is 0 Å². The minimum Gasteiger partial charge on any atom is -0.416 e. The van der Waals surface area contributed by atoms with E-state index in [1.54, 1.807) is 24.3 Å². The number of rotatable bonds is 10. The highest BCUT2D eigenvalue weighted by Crippen LogP contribution is 2.50. The third-order valence-electron chi connectivity index (χ3n) is 3.25. The van der Waals surface area contributed by atoms with E-state index in [1.165, 1.54) is 21.3 Å². The van der Waals surface area contributed by atoms with Crippen LogP contribution in [0.15, 0.2) is 60.7 Å². The zero-order chi connectivity index (χ0) is 18.2. The van der Waals surface area contributed by atoms with E-state index in [1.807, 2.05) is 36.4 Å². The number of hydrogen-bond donors (Lipinski definition) is 0. The first-order chi connectivity index (χ1) is 12.0. The second-order valence-electron chi connectivity index (χ2n) is 4.82. The lowest BCUT2D eigenvalue weighted by atomic mass is 10.3. The summed E-state index contributed by atoms with van der Waals surface area (Å²) in [4.78, 5) is 0. The Balaban J connectivity index is 2.20. The highest BCUT2D eigenvalue weighted by Gasteiger charge is 2.42. The fraction of sp³-hybridized carbons (Fsp3) is 0.250. The SMILES string of the molecule is CO[Si](COP(=S)(Oc1ccccc1)Oc1ccccc1)(OC)OC. The average Bonchev–Trinajstić information content (AvgIpc) is 2.65. The Kier molecular flexibility index (Phi) is 7.58. The molecule has 0 amide bonds. The summed E-state index contributed by atoms with van der Waals surface area (Å²) in [5.74, 6) is 1.11. The lowest BCUT2D eigenvalue weighted by Crippen LogP contribution is -2.48. The van der Waals surface area contributed by atoms with Gasteiger partial charge in [-0.25, -0.2) is 0 Å². The molecule has 0 aliphatic heterocycles. The van der Waals surface area contributed by atoms with E-state index >= 15 is 0 Å². The first-order valence-electron chi connectivity index (χ1n) is 7.44. The first-order valence-corrected chi connectivity index (χ1v) is 11.9. The minimum absolute atomic E-state index is 0.00739. The third kappa shape index (κ3) is 5.90. The van der Waals surface area contributed by atoms with Crippen molar-refractivity contribution < 1.29 is 26.8 Å². The fourth-order valence-electron chi connectivity index (χ4n) is 1.88. The molecule has 0 bridgehead atoms. The zero-order valence-corrected chi connectivity index (χ0v) is 17.0. The molecule has 0 aliphatic rings. The van der Waals surface area contributed by atoms with E-state index in [4.69, 9.17) is 38.7 Å². The third-order valence-corrected chi connectivity index (χ3v) is 7.94. The van der Waals surface area contributed by atoms with Crippen LogP contribution in [0.4, 0.5) is 0 Å². The summed E-state index contributed by atoms with van der Waals surface area (Å²) in [6.07, 6.45) is 0.00739. The van der Waals surface area contributed by atoms with Gasteiger partial charge in [0.15, 0.2) is 0 Å². The largest absolute Gasteiger partial charge is 0.528 e. The van der Waals surface area contributed by atoms with E-state index in [2.05, 4.69) is 0 Å². The van der Waals surface area contributed by atoms with Crippen LogP contribution in [0.2, 0.25) is 0 Å². The molecule has 0 heterocycles. The molecular weight excluding hydrogens is 379 g/mol. The molecule has 0 radical (unpaired) electrons. The maximum Gasteiger partial charge on any atom is 0.528 e. The molecule has 0 aliphatic carbocycles. The van der Waals surface area contributed by atoms with Gasteiger partial charge in [0.2, 0.25) is 0 Å². The second kappa shape index (κ2) is 9.45. The first kappa shape index (κ1) is 20.1. The average molecular weight is 400 g/mol. The van der Waals surface area contributed by atoms with Gasteiger partial charge in [-0.15, -0.1) is 0 Å². The molecule has 6 nitrogen and oxygen atoms in total. The minimum atomic E-state index is -3.17. The molecule has 2 aromatic carbocycles. The van der Waals surface area contributed by atoms with E-state index in [0.717, 1.165) is 0 Å². The van der Waals surface area contributed by atoms with Crippen LogP contribution >= 0.6 is 6.72 Å². The van der Waals surface area contributed by atoms with Gasteiger partial charge in [0.05, 0.1) is 0 Å². The Morgan fingerprint density at radius 3 is 1.52 bits per heavy atom. The van der Waals surface area contributed by atoms with Crippen molar-refractivity contribution in [3.63, 3.8) is 0 Å². The van der Waals surface area contributed by atoms with Gasteiger partial charge in [-0.05, 0) is 24.3 Å². The van der Waals surface area contributed by atoms with Gasteiger partial charge in [-0.3, -0.25) is 4.52 Å². The van der Waals surface area contributed by atoms with Crippen LogP contribution in [0.25, 0.3) is 0 Å². The van der Waals surface area contributed by atoms with Crippen molar-refractivity contribution in [1.29, 1.82) is 0 Å². The van der Waals surface area contributed by atoms with E-state index in [9.17, 15) is 0 Å². The van der Waals surface area contributed by atoms with Crippen molar-refractivity contribution in [2.75, 3.05) is 27.6 Å². The molecule has 136 valence electrons. The highest BCUT2D eigenvalue weighted by atomic mass is 32.5. The lowest BCUT2D eigenvalue weighted by molar-refractivity contribution is 0.0974. The fourth-order valence-corrected chi connectivity index (χ4v) is 5.89. The number of benzene rings is 2. The molecule has 0 aromatic heterocycles. The van der Waals surface area contributed by atoms with Gasteiger partial charge < -0.3 is 22.3 Å². The van der Waals surface area contributed by atoms with Gasteiger partial charge in [-0.2, -0.15) is 0 Å². The Morgan fingerprint density at radius 2 is 1.16 bits per heavy atom. The van der Waals surface area contributed by atoms with Crippen molar-refractivity contribution in [3.05, 3.63) is 60.7 Å². The maximum atomic E-state index is 5.87. The normalized spacial score (nSPS) is 12.0. The summed E-state index contributed by atoms with van der Waals surface area (Å²) in [5.41, 5.74) is 0. The molecule has 0 unspecified atom stereocenters. The highest BCUT2D eigenvalue weighted by molar-refractivity contribution is 8.07. The molecule has 0 spiro atoms. The Hall–Kier alpha value is -1.25. The maximum absolute atomic E-state index is 5.87. The van der Waals surface area contributed by atoms with Gasteiger partial charge >= 0.3 is 15.5 Å². The Labute approximate surface area is 154 Å². The van der Waals surface area contributed by atoms with Crippen molar-refractivity contribution in [1.82, 2.24) is 0 Å². The van der Waals surface area contributed by atoms with Crippen LogP contribution in [-0.4, -0.2) is 36.4 Å². The van der Waals surface area contributed by atoms with Gasteiger partial charge in [0.25, 0.3) is 0 Å². The monoisotopic (exact) mass is 400 g/mol. The summed E-state index contributed by atoms with van der Waals surface area (Å²) in [6.45, 7) is -3.17. The van der Waals surface area contributed by atoms with Crippen molar-refractivity contribution in [2.24, 2.45) is 0 Å². The summed E-state index contributed by atoms with van der Waals surface area (Å²) < 4.78 is 33.7. The van der Waals surface area contributed by atoms with Crippen LogP contribution < -0.4 is 9.05 Å². The van der Waals surface area contributed by atoms with Crippen LogP contribution in [0, 0.1) is 0 Å². The summed E-state index contributed by atoms with van der Waals surface area (Å²) in [7, 11) is 1.52. The molecule has 0 saturated carbocycles. The lowest BCUT2D eigenvalue weighted by Gasteiger charge is -2.28. The van der Waals surface area contributed by atoms with Crippen LogP contribution in [0.1, 0.15) is 0 Å². The topological polar surface area (TPSA) is 55.4 Å². The molecule has 0 saturated heterocycles. The van der Waals surface area contributed by atoms with Crippen molar-refractivity contribution in [3.8, 4) is 11.5 Å². The van der Waals surface area contributed by atoms with E-state index in [0.29, 0.717) is 11.5 Å². The molecular formula is C16H21O6PSSi. The van der Waals surface area contributed by atoms with Gasteiger partial charge in [0, 0.05) is 33.1 Å². The molecule has 2 rings (SSSR count). The smallest absolute Gasteiger partial charge is 0.416 e. The van der Waals surface area contributed by atoms with Crippen LogP contribution in [0.5, 0.6) is 11.5 Å². The summed E-state index contributed by atoms with van der Waals surface area (Å²) in [5, 5.41) is 0. The summed E-state index contributed by atoms with van der Waals surface area (Å²) in [6, 6.07) is 18.3. The molecule has 0 atom stereocenters. The summed E-state index contributed by atoms with van der Waals surface area (Å²) >= 11 is 5.58. The van der Waals surface area contributed by atoms with Crippen molar-refractivity contribution in [2.45, 2.75) is 0 Å². The zero-order valence-electron chi connectivity index (χ0n) is 14.3. The van der Waals surface area contributed by atoms with Gasteiger partial charge in [-0.1, -0.05) is 36.4 Å². The Morgan fingerprint density at radius 1 is 0.760 bits per heavy atom. The Bertz CT molecular complexity index is 630.